The third-order valence-corrected chi connectivity index (χ3v) is 4.82. The Kier molecular flexibility index (Phi) is 8.72. The van der Waals surface area contributed by atoms with Gasteiger partial charge in [-0.15, -0.1) is 0 Å². The van der Waals surface area contributed by atoms with Crippen LogP contribution in [0.25, 0.3) is 0 Å². The molecule has 2 aromatic heterocycles. The van der Waals surface area contributed by atoms with Crippen molar-refractivity contribution in [3.63, 3.8) is 0 Å². The molecule has 1 N–H and O–H groups in total. The maximum Gasteiger partial charge on any atom is 0.355 e. The number of carbonyl (C=O) groups is 3. The van der Waals surface area contributed by atoms with Gasteiger partial charge < -0.3 is 26.9 Å². The fraction of sp³-hybridized carbons (Fsp3) is 0.250. The maximum atomic E-state index is 12.6. The summed E-state index contributed by atoms with van der Waals surface area (Å²) in [4.78, 5) is 40.4. The average molecular weight is 457 g/mol. The van der Waals surface area contributed by atoms with E-state index < -0.39 is 11.9 Å². The van der Waals surface area contributed by atoms with Gasteiger partial charge in [-0.1, -0.05) is 30.3 Å². The van der Waals surface area contributed by atoms with E-state index in [9.17, 15) is 14.4 Å². The van der Waals surface area contributed by atoms with Gasteiger partial charge in [-0.05, 0) is 26.3 Å². The number of carbonyl (C=O) groups excluding carboxylic acids is 3. The number of nitrogens with zero attached hydrogens (tertiary/aromatic N) is 1. The monoisotopic (exact) mass is 456 g/mol. The normalized spacial score (nSPS) is 10.2. The van der Waals surface area contributed by atoms with E-state index in [1.165, 1.54) is 0 Å². The second kappa shape index (κ2) is 11.2. The molecule has 168 valence electrons. The molecule has 8 heteroatoms. The second-order valence-electron chi connectivity index (χ2n) is 6.87. The summed E-state index contributed by atoms with van der Waals surface area (Å²) in [5, 5.41) is 0. The molecule has 32 heavy (non-hydrogen) atoms. The third kappa shape index (κ3) is 5.42. The van der Waals surface area contributed by atoms with Gasteiger partial charge in [0.25, 0.3) is 0 Å². The van der Waals surface area contributed by atoms with Gasteiger partial charge in [0.05, 0.1) is 24.5 Å². The summed E-state index contributed by atoms with van der Waals surface area (Å²) in [6, 6.07) is 12.5. The van der Waals surface area contributed by atoms with Crippen LogP contribution in [0, 0.1) is 6.92 Å². The minimum absolute atomic E-state index is 0. The molecule has 0 aliphatic carbocycles. The third-order valence-electron chi connectivity index (χ3n) is 4.82. The molecule has 3 rings (SSSR count). The molecule has 0 unspecified atom stereocenters. The van der Waals surface area contributed by atoms with Crippen molar-refractivity contribution in [3.05, 3.63) is 88.5 Å². The van der Waals surface area contributed by atoms with Gasteiger partial charge in [-0.3, -0.25) is 4.79 Å². The summed E-state index contributed by atoms with van der Waals surface area (Å²) in [6.45, 7) is 5.87. The zero-order chi connectivity index (χ0) is 22.4. The number of ether oxygens (including phenoxy) is 2. The minimum Gasteiger partial charge on any atom is -1.00 e. The number of halogens is 1. The van der Waals surface area contributed by atoms with E-state index in [-0.39, 0.29) is 43.6 Å². The Morgan fingerprint density at radius 1 is 0.875 bits per heavy atom. The lowest BCUT2D eigenvalue weighted by atomic mass is 10.0. The lowest BCUT2D eigenvalue weighted by Crippen LogP contribution is -3.00. The predicted molar refractivity (Wildman–Crippen MR) is 113 cm³/mol. The van der Waals surface area contributed by atoms with E-state index in [0.717, 1.165) is 0 Å². The van der Waals surface area contributed by atoms with Gasteiger partial charge in [0, 0.05) is 23.3 Å². The molecular formula is C24H25ClN2O5. The Balaban J connectivity index is 0.00000363. The molecule has 0 atom stereocenters. The Labute approximate surface area is 192 Å². The van der Waals surface area contributed by atoms with E-state index in [1.54, 1.807) is 57.4 Å². The molecule has 7 nitrogen and oxygen atoms in total. The molecule has 3 aromatic rings. The Morgan fingerprint density at radius 3 is 2.03 bits per heavy atom. The summed E-state index contributed by atoms with van der Waals surface area (Å²) in [5.74, 6) is -1.09. The number of pyridine rings is 1. The lowest BCUT2D eigenvalue weighted by Gasteiger charge is -2.04. The van der Waals surface area contributed by atoms with Crippen molar-refractivity contribution in [1.82, 2.24) is 4.98 Å². The fourth-order valence-electron chi connectivity index (χ4n) is 3.32. The highest BCUT2D eigenvalue weighted by Crippen LogP contribution is 2.21. The van der Waals surface area contributed by atoms with Gasteiger partial charge in [-0.25, -0.2) is 9.59 Å². The molecule has 0 bridgehead atoms. The summed E-state index contributed by atoms with van der Waals surface area (Å²) < 4.78 is 12.1. The second-order valence-corrected chi connectivity index (χ2v) is 6.87. The van der Waals surface area contributed by atoms with Crippen molar-refractivity contribution in [2.75, 3.05) is 13.2 Å². The molecule has 0 amide bonds. The minimum atomic E-state index is -0.523. The van der Waals surface area contributed by atoms with Crippen LogP contribution in [-0.2, 0) is 16.0 Å². The van der Waals surface area contributed by atoms with Crippen molar-refractivity contribution in [2.24, 2.45) is 0 Å². The van der Waals surface area contributed by atoms with Crippen LogP contribution in [0.2, 0.25) is 0 Å². The first-order chi connectivity index (χ1) is 15.0. The van der Waals surface area contributed by atoms with Crippen LogP contribution in [0.3, 0.4) is 0 Å². The number of aromatic nitrogens is 2. The zero-order valence-electron chi connectivity index (χ0n) is 18.2. The van der Waals surface area contributed by atoms with Crippen molar-refractivity contribution >= 4 is 17.7 Å². The summed E-state index contributed by atoms with van der Waals surface area (Å²) >= 11 is 0. The highest BCUT2D eigenvalue weighted by atomic mass is 35.5. The van der Waals surface area contributed by atoms with Crippen LogP contribution < -0.4 is 17.0 Å². The number of aromatic amines is 1. The SMILES string of the molecule is CCOC(=O)c1[nH]c(C[n+]2ccc(C(=O)c3ccccc3)cc2)c(C(=O)OCC)c1C.[Cl-]. The number of nitrogens with one attached hydrogen (secondary N) is 1. The number of ketones is 1. The standard InChI is InChI=1S/C24H24N2O5.ClH/c1-4-30-23(28)20-16(3)21(24(29)31-5-2)25-19(20)15-26-13-11-18(12-14-26)22(27)17-9-7-6-8-10-17;/h6-14H,4-5,15H2,1-3H3;1H. The van der Waals surface area contributed by atoms with Crippen molar-refractivity contribution in [2.45, 2.75) is 27.3 Å². The van der Waals surface area contributed by atoms with Crippen LogP contribution in [0.1, 0.15) is 61.9 Å². The Bertz CT molecular complexity index is 1090. The summed E-state index contributed by atoms with van der Waals surface area (Å²) in [5.41, 5.74) is 2.75. The quantitative estimate of drug-likeness (QED) is 0.298. The molecule has 0 aliphatic rings. The Hall–Kier alpha value is -3.45. The number of hydrogen-bond acceptors (Lipinski definition) is 5. The first-order valence-electron chi connectivity index (χ1n) is 10.1. The van der Waals surface area contributed by atoms with Crippen LogP contribution in [0.5, 0.6) is 0 Å². The average Bonchev–Trinajstić information content (AvgIpc) is 3.10. The highest BCUT2D eigenvalue weighted by Gasteiger charge is 2.27. The number of H-pyrrole nitrogens is 1. The molecule has 0 spiro atoms. The Morgan fingerprint density at radius 2 is 1.44 bits per heavy atom. The van der Waals surface area contributed by atoms with Gasteiger partial charge in [0.15, 0.2) is 24.7 Å². The fourth-order valence-corrected chi connectivity index (χ4v) is 3.32. The van der Waals surface area contributed by atoms with E-state index >= 15 is 0 Å². The molecule has 0 radical (unpaired) electrons. The molecule has 0 fully saturated rings. The van der Waals surface area contributed by atoms with Gasteiger partial charge in [-0.2, -0.15) is 4.57 Å². The topological polar surface area (TPSA) is 89.3 Å². The van der Waals surface area contributed by atoms with Gasteiger partial charge >= 0.3 is 11.9 Å². The van der Waals surface area contributed by atoms with Crippen molar-refractivity contribution < 1.29 is 40.8 Å². The molecule has 0 saturated carbocycles. The molecule has 0 saturated heterocycles. The molecule has 2 heterocycles. The molecule has 0 aliphatic heterocycles. The van der Waals surface area contributed by atoms with Crippen molar-refractivity contribution in [1.29, 1.82) is 0 Å². The highest BCUT2D eigenvalue weighted by molar-refractivity contribution is 6.08. The van der Waals surface area contributed by atoms with E-state index in [2.05, 4.69) is 4.98 Å². The van der Waals surface area contributed by atoms with Crippen LogP contribution in [-0.4, -0.2) is 35.9 Å². The smallest absolute Gasteiger partial charge is 0.355 e. The first-order valence-corrected chi connectivity index (χ1v) is 10.1. The van der Waals surface area contributed by atoms with Gasteiger partial charge in [0.2, 0.25) is 0 Å². The molecular weight excluding hydrogens is 432 g/mol. The van der Waals surface area contributed by atoms with Crippen LogP contribution >= 0.6 is 0 Å². The predicted octanol–water partition coefficient (Wildman–Crippen LogP) is 0.247. The van der Waals surface area contributed by atoms with Crippen LogP contribution in [0.4, 0.5) is 0 Å². The number of esters is 2. The zero-order valence-corrected chi connectivity index (χ0v) is 18.9. The van der Waals surface area contributed by atoms with E-state index in [1.807, 2.05) is 22.8 Å². The number of benzene rings is 1. The lowest BCUT2D eigenvalue weighted by molar-refractivity contribution is -0.688. The van der Waals surface area contributed by atoms with E-state index in [0.29, 0.717) is 27.9 Å². The summed E-state index contributed by atoms with van der Waals surface area (Å²) in [6.07, 6.45) is 3.51. The van der Waals surface area contributed by atoms with E-state index in [4.69, 9.17) is 9.47 Å². The maximum absolute atomic E-state index is 12.6. The molecule has 1 aromatic carbocycles. The van der Waals surface area contributed by atoms with Gasteiger partial charge in [0.1, 0.15) is 5.69 Å². The van der Waals surface area contributed by atoms with Crippen LogP contribution in [0.15, 0.2) is 54.9 Å². The van der Waals surface area contributed by atoms with Crippen molar-refractivity contribution in [3.8, 4) is 0 Å². The number of hydrogen-bond donors (Lipinski definition) is 1. The summed E-state index contributed by atoms with van der Waals surface area (Å²) in [7, 11) is 0. The largest absolute Gasteiger partial charge is 1.00 e. The number of rotatable bonds is 8. The first kappa shape index (κ1) is 24.8.